The highest BCUT2D eigenvalue weighted by Gasteiger charge is 2.37. The van der Waals surface area contributed by atoms with Crippen molar-refractivity contribution in [1.82, 2.24) is 24.4 Å². The standard InChI is InChI=1S/C32H38ClN5O3.2ClH/c1-4-40-31(39)32(2,3)29-30(33)38-26(34-29)16-17-27(35-38)41-23-11-18-36-19-21-37(22-20-36)28(24-12-7-5-8-13-24)25-14-9-6-10-15-25;;/h5-10,12-17,28H,4,11,18-23H2,1-3H3;2*1H. The molecule has 0 N–H and O–H groups in total. The Hall–Kier alpha value is -2.88. The molecule has 0 aliphatic carbocycles. The molecule has 5 rings (SSSR count). The normalized spacial score (nSPS) is 14.3. The van der Waals surface area contributed by atoms with E-state index in [1.165, 1.54) is 15.6 Å². The van der Waals surface area contributed by atoms with Crippen molar-refractivity contribution in [3.63, 3.8) is 0 Å². The van der Waals surface area contributed by atoms with E-state index < -0.39 is 5.41 Å². The van der Waals surface area contributed by atoms with E-state index >= 15 is 0 Å². The first kappa shape index (κ1) is 34.6. The maximum atomic E-state index is 12.5. The van der Waals surface area contributed by atoms with Crippen LogP contribution in [-0.4, -0.2) is 76.3 Å². The van der Waals surface area contributed by atoms with Gasteiger partial charge in [-0.1, -0.05) is 72.3 Å². The minimum Gasteiger partial charge on any atom is -0.477 e. The van der Waals surface area contributed by atoms with E-state index in [-0.39, 0.29) is 42.0 Å². The highest BCUT2D eigenvalue weighted by molar-refractivity contribution is 6.30. The molecule has 0 bridgehead atoms. The molecule has 2 aromatic carbocycles. The van der Waals surface area contributed by atoms with Crippen molar-refractivity contribution in [2.24, 2.45) is 0 Å². The van der Waals surface area contributed by atoms with Gasteiger partial charge in [0.15, 0.2) is 10.8 Å². The second-order valence-electron chi connectivity index (χ2n) is 10.8. The number of carbonyl (C=O) groups excluding carboxylic acids is 1. The Morgan fingerprint density at radius 3 is 2.12 bits per heavy atom. The molecule has 11 heteroatoms. The number of imidazole rings is 1. The molecule has 0 spiro atoms. The number of ether oxygens (including phenoxy) is 2. The topological polar surface area (TPSA) is 72.2 Å². The lowest BCUT2D eigenvalue weighted by Crippen LogP contribution is -2.48. The summed E-state index contributed by atoms with van der Waals surface area (Å²) in [5.41, 5.74) is 2.66. The van der Waals surface area contributed by atoms with Gasteiger partial charge in [0.1, 0.15) is 5.41 Å². The van der Waals surface area contributed by atoms with E-state index in [1.807, 2.05) is 0 Å². The molecule has 0 amide bonds. The first-order chi connectivity index (χ1) is 19.9. The molecule has 3 heterocycles. The number of hydrogen-bond donors (Lipinski definition) is 0. The molecule has 232 valence electrons. The molecule has 0 unspecified atom stereocenters. The molecular weight excluding hydrogens is 609 g/mol. The maximum absolute atomic E-state index is 12.5. The molecule has 4 aromatic rings. The number of piperazine rings is 1. The predicted octanol–water partition coefficient (Wildman–Crippen LogP) is 6.24. The van der Waals surface area contributed by atoms with Gasteiger partial charge >= 0.3 is 5.97 Å². The van der Waals surface area contributed by atoms with Crippen LogP contribution in [0.1, 0.15) is 50.1 Å². The summed E-state index contributed by atoms with van der Waals surface area (Å²) < 4.78 is 12.7. The monoisotopic (exact) mass is 647 g/mol. The quantitative estimate of drug-likeness (QED) is 0.141. The number of aromatic nitrogens is 3. The van der Waals surface area contributed by atoms with Crippen LogP contribution in [0.5, 0.6) is 5.88 Å². The fourth-order valence-electron chi connectivity index (χ4n) is 5.37. The van der Waals surface area contributed by atoms with Crippen LogP contribution in [0.2, 0.25) is 5.15 Å². The highest BCUT2D eigenvalue weighted by atomic mass is 35.5. The highest BCUT2D eigenvalue weighted by Crippen LogP contribution is 2.32. The Morgan fingerprint density at radius 2 is 1.53 bits per heavy atom. The van der Waals surface area contributed by atoms with Crippen molar-refractivity contribution in [2.45, 2.75) is 38.6 Å². The number of nitrogens with zero attached hydrogens (tertiary/aromatic N) is 5. The minimum atomic E-state index is -0.992. The Bertz CT molecular complexity index is 1410. The first-order valence-corrected chi connectivity index (χ1v) is 14.7. The van der Waals surface area contributed by atoms with Crippen LogP contribution < -0.4 is 4.74 Å². The number of carbonyl (C=O) groups is 1. The van der Waals surface area contributed by atoms with Crippen molar-refractivity contribution in [1.29, 1.82) is 0 Å². The summed E-state index contributed by atoms with van der Waals surface area (Å²) in [7, 11) is 0. The number of halogens is 3. The second-order valence-corrected chi connectivity index (χ2v) is 11.2. The number of benzene rings is 2. The van der Waals surface area contributed by atoms with E-state index in [9.17, 15) is 4.79 Å². The van der Waals surface area contributed by atoms with Crippen LogP contribution >= 0.6 is 36.4 Å². The molecule has 1 fully saturated rings. The molecular formula is C32H40Cl3N5O3. The second kappa shape index (κ2) is 15.7. The summed E-state index contributed by atoms with van der Waals surface area (Å²) in [6, 6.07) is 25.4. The molecule has 8 nitrogen and oxygen atoms in total. The average molecular weight is 649 g/mol. The first-order valence-electron chi connectivity index (χ1n) is 14.3. The largest absolute Gasteiger partial charge is 0.477 e. The predicted molar refractivity (Wildman–Crippen MR) is 175 cm³/mol. The van der Waals surface area contributed by atoms with Gasteiger partial charge in [-0.25, -0.2) is 4.98 Å². The Morgan fingerprint density at radius 1 is 0.930 bits per heavy atom. The van der Waals surface area contributed by atoms with E-state index in [0.29, 0.717) is 30.4 Å². The molecule has 0 saturated carbocycles. The zero-order valence-corrected chi connectivity index (χ0v) is 27.2. The van der Waals surface area contributed by atoms with Gasteiger partial charge in [-0.05, 0) is 44.4 Å². The van der Waals surface area contributed by atoms with Crippen LogP contribution in [0.4, 0.5) is 0 Å². The number of fused-ring (bicyclic) bond motifs is 1. The number of esters is 1. The van der Waals surface area contributed by atoms with Crippen LogP contribution in [0, 0.1) is 0 Å². The average Bonchev–Trinajstić information content (AvgIpc) is 3.34. The lowest BCUT2D eigenvalue weighted by Gasteiger charge is -2.39. The van der Waals surface area contributed by atoms with E-state index in [4.69, 9.17) is 21.1 Å². The third-order valence-corrected chi connectivity index (χ3v) is 7.99. The van der Waals surface area contributed by atoms with Crippen molar-refractivity contribution < 1.29 is 14.3 Å². The SMILES string of the molecule is CCOC(=O)C(C)(C)c1nc2ccc(OCCCN3CCN(C(c4ccccc4)c4ccccc4)CC3)nn2c1Cl.Cl.Cl. The van der Waals surface area contributed by atoms with Crippen molar-refractivity contribution in [3.8, 4) is 5.88 Å². The van der Waals surface area contributed by atoms with Crippen molar-refractivity contribution in [3.05, 3.63) is 94.8 Å². The molecule has 0 radical (unpaired) electrons. The molecule has 1 aliphatic rings. The fraction of sp³-hybridized carbons (Fsp3) is 0.406. The lowest BCUT2D eigenvalue weighted by molar-refractivity contribution is -0.148. The lowest BCUT2D eigenvalue weighted by atomic mass is 9.90. The number of hydrogen-bond acceptors (Lipinski definition) is 7. The Labute approximate surface area is 271 Å². The van der Waals surface area contributed by atoms with Gasteiger partial charge in [-0.3, -0.25) is 9.69 Å². The summed E-state index contributed by atoms with van der Waals surface area (Å²) >= 11 is 6.60. The Kier molecular flexibility index (Phi) is 12.7. The third kappa shape index (κ3) is 7.99. The molecule has 1 aliphatic heterocycles. The van der Waals surface area contributed by atoms with Crippen molar-refractivity contribution in [2.75, 3.05) is 45.9 Å². The van der Waals surface area contributed by atoms with Crippen LogP contribution in [0.3, 0.4) is 0 Å². The van der Waals surface area contributed by atoms with Gasteiger partial charge in [0.05, 0.1) is 24.9 Å². The van der Waals surface area contributed by atoms with Gasteiger partial charge < -0.3 is 14.4 Å². The van der Waals surface area contributed by atoms with Gasteiger partial charge in [-0.15, -0.1) is 29.9 Å². The van der Waals surface area contributed by atoms with Crippen LogP contribution in [0.15, 0.2) is 72.8 Å². The molecule has 2 aromatic heterocycles. The van der Waals surface area contributed by atoms with Gasteiger partial charge in [0, 0.05) is 38.8 Å². The summed E-state index contributed by atoms with van der Waals surface area (Å²) in [6.45, 7) is 11.1. The molecule has 43 heavy (non-hydrogen) atoms. The maximum Gasteiger partial charge on any atom is 0.317 e. The van der Waals surface area contributed by atoms with E-state index in [1.54, 1.807) is 32.9 Å². The molecule has 1 saturated heterocycles. The zero-order valence-electron chi connectivity index (χ0n) is 24.8. The molecule has 0 atom stereocenters. The van der Waals surface area contributed by atoms with Gasteiger partial charge in [0.2, 0.25) is 5.88 Å². The Balaban J connectivity index is 0.00000253. The van der Waals surface area contributed by atoms with E-state index in [2.05, 4.69) is 80.5 Å². The van der Waals surface area contributed by atoms with Crippen LogP contribution in [0.25, 0.3) is 5.65 Å². The minimum absolute atomic E-state index is 0. The fourth-order valence-corrected chi connectivity index (χ4v) is 5.77. The summed E-state index contributed by atoms with van der Waals surface area (Å²) in [5, 5.41) is 4.80. The van der Waals surface area contributed by atoms with Crippen LogP contribution in [-0.2, 0) is 14.9 Å². The summed E-state index contributed by atoms with van der Waals surface area (Å²) in [4.78, 5) is 22.1. The number of rotatable bonds is 11. The summed E-state index contributed by atoms with van der Waals surface area (Å²) in [6.07, 6.45) is 0.888. The smallest absolute Gasteiger partial charge is 0.317 e. The van der Waals surface area contributed by atoms with E-state index in [0.717, 1.165) is 39.1 Å². The third-order valence-electron chi connectivity index (χ3n) is 7.65. The van der Waals surface area contributed by atoms with Gasteiger partial charge in [-0.2, -0.15) is 4.52 Å². The summed E-state index contributed by atoms with van der Waals surface area (Å²) in [5.74, 6) is 0.0916. The van der Waals surface area contributed by atoms with Gasteiger partial charge in [0.25, 0.3) is 0 Å². The zero-order chi connectivity index (χ0) is 28.8. The van der Waals surface area contributed by atoms with Crippen molar-refractivity contribution >= 4 is 48.0 Å².